The van der Waals surface area contributed by atoms with Crippen LogP contribution in [0.25, 0.3) is 6.08 Å². The van der Waals surface area contributed by atoms with E-state index in [4.69, 9.17) is 0 Å². The maximum atomic E-state index is 3.47. The summed E-state index contributed by atoms with van der Waals surface area (Å²) in [7, 11) is 0. The Morgan fingerprint density at radius 1 is 1.13 bits per heavy atom. The van der Waals surface area contributed by atoms with Crippen molar-refractivity contribution < 1.29 is 0 Å². The van der Waals surface area contributed by atoms with Gasteiger partial charge in [-0.15, -0.1) is 5.73 Å². The lowest BCUT2D eigenvalue weighted by atomic mass is 9.95. The molecule has 0 spiro atoms. The van der Waals surface area contributed by atoms with Gasteiger partial charge in [-0.2, -0.15) is 0 Å². The quantitative estimate of drug-likeness (QED) is 0.629. The van der Waals surface area contributed by atoms with Gasteiger partial charge in [0.05, 0.1) is 0 Å². The first-order valence-corrected chi connectivity index (χ1v) is 6.34. The molecule has 0 N–H and O–H groups in total. The standard InChI is InChI=1S/C14H15Br/c15-14-8-4-7-13(11-14)10-9-12-5-2-1-3-6-12/h4,7-8,10-11H,1-3,5-6H2. The van der Waals surface area contributed by atoms with Crippen LogP contribution in [-0.2, 0) is 0 Å². The van der Waals surface area contributed by atoms with Crippen molar-refractivity contribution in [1.82, 2.24) is 0 Å². The van der Waals surface area contributed by atoms with Crippen molar-refractivity contribution in [3.63, 3.8) is 0 Å². The van der Waals surface area contributed by atoms with Crippen molar-refractivity contribution in [3.05, 3.63) is 45.6 Å². The molecule has 2 rings (SSSR count). The van der Waals surface area contributed by atoms with E-state index in [1.54, 1.807) is 0 Å². The van der Waals surface area contributed by atoms with Crippen LogP contribution in [0, 0.1) is 0 Å². The van der Waals surface area contributed by atoms with Gasteiger partial charge < -0.3 is 0 Å². The third kappa shape index (κ3) is 3.37. The third-order valence-electron chi connectivity index (χ3n) is 2.75. The van der Waals surface area contributed by atoms with E-state index in [-0.39, 0.29) is 0 Å². The summed E-state index contributed by atoms with van der Waals surface area (Å²) in [5.41, 5.74) is 6.15. The Kier molecular flexibility index (Phi) is 3.82. The average Bonchev–Trinajstić information content (AvgIpc) is 2.28. The molecular formula is C14H15Br. The molecule has 1 aromatic rings. The van der Waals surface area contributed by atoms with Crippen molar-refractivity contribution in [2.45, 2.75) is 32.1 Å². The lowest BCUT2D eigenvalue weighted by Gasteiger charge is -2.10. The molecule has 0 heterocycles. The van der Waals surface area contributed by atoms with Crippen molar-refractivity contribution in [2.24, 2.45) is 0 Å². The van der Waals surface area contributed by atoms with E-state index in [9.17, 15) is 0 Å². The summed E-state index contributed by atoms with van der Waals surface area (Å²) < 4.78 is 1.13. The van der Waals surface area contributed by atoms with Gasteiger partial charge in [0.15, 0.2) is 0 Å². The number of hydrogen-bond acceptors (Lipinski definition) is 0. The number of allylic oxidation sites excluding steroid dienone is 1. The Labute approximate surface area is 99.8 Å². The van der Waals surface area contributed by atoms with Crippen molar-refractivity contribution in [3.8, 4) is 0 Å². The molecule has 0 amide bonds. The highest BCUT2D eigenvalue weighted by Crippen LogP contribution is 2.22. The van der Waals surface area contributed by atoms with Gasteiger partial charge in [-0.3, -0.25) is 0 Å². The summed E-state index contributed by atoms with van der Waals surface area (Å²) in [5.74, 6) is 0. The van der Waals surface area contributed by atoms with E-state index in [0.717, 1.165) is 4.47 Å². The zero-order chi connectivity index (χ0) is 10.5. The van der Waals surface area contributed by atoms with Crippen LogP contribution in [0.1, 0.15) is 37.7 Å². The van der Waals surface area contributed by atoms with E-state index in [0.29, 0.717) is 0 Å². The first kappa shape index (κ1) is 10.7. The predicted molar refractivity (Wildman–Crippen MR) is 68.7 cm³/mol. The Morgan fingerprint density at radius 2 is 1.93 bits per heavy atom. The molecule has 1 heteroatoms. The normalized spacial score (nSPS) is 15.9. The summed E-state index contributed by atoms with van der Waals surface area (Å²) in [6.45, 7) is 0. The topological polar surface area (TPSA) is 0 Å². The van der Waals surface area contributed by atoms with Gasteiger partial charge in [-0.1, -0.05) is 34.5 Å². The molecule has 0 bridgehead atoms. The van der Waals surface area contributed by atoms with Crippen LogP contribution in [0.2, 0.25) is 0 Å². The Balaban J connectivity index is 2.15. The molecule has 0 saturated heterocycles. The lowest BCUT2D eigenvalue weighted by Crippen LogP contribution is -1.91. The molecule has 78 valence electrons. The number of halogens is 1. The summed E-state index contributed by atoms with van der Waals surface area (Å²) >= 11 is 3.47. The smallest absolute Gasteiger partial charge is 0.0181 e. The summed E-state index contributed by atoms with van der Waals surface area (Å²) in [6.07, 6.45) is 8.66. The second-order valence-corrected chi connectivity index (χ2v) is 4.92. The minimum atomic E-state index is 1.13. The van der Waals surface area contributed by atoms with E-state index < -0.39 is 0 Å². The van der Waals surface area contributed by atoms with Gasteiger partial charge >= 0.3 is 0 Å². The monoisotopic (exact) mass is 262 g/mol. The second kappa shape index (κ2) is 5.34. The molecule has 0 aliphatic heterocycles. The van der Waals surface area contributed by atoms with Crippen LogP contribution in [0.15, 0.2) is 40.0 Å². The van der Waals surface area contributed by atoms with E-state index in [1.165, 1.54) is 43.2 Å². The van der Waals surface area contributed by atoms with Crippen LogP contribution in [-0.4, -0.2) is 0 Å². The number of hydrogen-bond donors (Lipinski definition) is 0. The zero-order valence-electron chi connectivity index (χ0n) is 8.80. The van der Waals surface area contributed by atoms with Gasteiger partial charge in [0.1, 0.15) is 0 Å². The van der Waals surface area contributed by atoms with Crippen LogP contribution in [0.4, 0.5) is 0 Å². The molecule has 0 nitrogen and oxygen atoms in total. The van der Waals surface area contributed by atoms with Crippen LogP contribution < -0.4 is 0 Å². The Morgan fingerprint density at radius 3 is 2.67 bits per heavy atom. The molecule has 1 aliphatic rings. The third-order valence-corrected chi connectivity index (χ3v) is 3.24. The summed E-state index contributed by atoms with van der Waals surface area (Å²) in [5, 5.41) is 0. The van der Waals surface area contributed by atoms with Crippen LogP contribution >= 0.6 is 15.9 Å². The molecule has 0 radical (unpaired) electrons. The second-order valence-electron chi connectivity index (χ2n) is 4.01. The molecule has 0 aromatic heterocycles. The minimum Gasteiger partial charge on any atom is -0.121 e. The van der Waals surface area contributed by atoms with Gasteiger partial charge in [0, 0.05) is 4.47 Å². The molecule has 1 saturated carbocycles. The fraction of sp³-hybridized carbons (Fsp3) is 0.357. The van der Waals surface area contributed by atoms with Crippen molar-refractivity contribution in [2.75, 3.05) is 0 Å². The van der Waals surface area contributed by atoms with Crippen LogP contribution in [0.5, 0.6) is 0 Å². The minimum absolute atomic E-state index is 1.13. The van der Waals surface area contributed by atoms with E-state index in [1.807, 2.05) is 6.07 Å². The van der Waals surface area contributed by atoms with Crippen molar-refractivity contribution >= 4 is 22.0 Å². The summed E-state index contributed by atoms with van der Waals surface area (Å²) in [6, 6.07) is 8.34. The molecule has 15 heavy (non-hydrogen) atoms. The molecule has 0 unspecified atom stereocenters. The first-order chi connectivity index (χ1) is 7.34. The van der Waals surface area contributed by atoms with E-state index in [2.05, 4.69) is 45.9 Å². The van der Waals surface area contributed by atoms with Gasteiger partial charge in [0.2, 0.25) is 0 Å². The fourth-order valence-electron chi connectivity index (χ4n) is 1.90. The van der Waals surface area contributed by atoms with Crippen LogP contribution in [0.3, 0.4) is 0 Å². The zero-order valence-corrected chi connectivity index (χ0v) is 10.4. The highest BCUT2D eigenvalue weighted by molar-refractivity contribution is 9.10. The van der Waals surface area contributed by atoms with E-state index >= 15 is 0 Å². The Bertz CT molecular complexity index is 390. The van der Waals surface area contributed by atoms with Gasteiger partial charge in [-0.25, -0.2) is 0 Å². The maximum absolute atomic E-state index is 3.47. The number of benzene rings is 1. The number of rotatable bonds is 1. The van der Waals surface area contributed by atoms with Gasteiger partial charge in [0.25, 0.3) is 0 Å². The fourth-order valence-corrected chi connectivity index (χ4v) is 2.32. The lowest BCUT2D eigenvalue weighted by molar-refractivity contribution is 0.600. The van der Waals surface area contributed by atoms with Gasteiger partial charge in [-0.05, 0) is 55.0 Å². The predicted octanol–water partition coefficient (Wildman–Crippen LogP) is 4.95. The Hall–Kier alpha value is -0.780. The SMILES string of the molecule is Brc1cccc(C=C=C2CCCCC2)c1. The molecular weight excluding hydrogens is 248 g/mol. The largest absolute Gasteiger partial charge is 0.121 e. The summed E-state index contributed by atoms with van der Waals surface area (Å²) in [4.78, 5) is 0. The first-order valence-electron chi connectivity index (χ1n) is 5.54. The highest BCUT2D eigenvalue weighted by Gasteiger charge is 2.03. The highest BCUT2D eigenvalue weighted by atomic mass is 79.9. The molecule has 1 aromatic carbocycles. The van der Waals surface area contributed by atoms with Crippen molar-refractivity contribution in [1.29, 1.82) is 0 Å². The average molecular weight is 263 g/mol. The molecule has 0 atom stereocenters. The molecule has 1 fully saturated rings. The molecule has 1 aliphatic carbocycles. The maximum Gasteiger partial charge on any atom is 0.0181 e.